The minimum absolute atomic E-state index is 0.117. The topological polar surface area (TPSA) is 30.8 Å². The normalized spacial score (nSPS) is 21.4. The second-order valence-corrected chi connectivity index (χ2v) is 13.9. The molecule has 0 spiro atoms. The van der Waals surface area contributed by atoms with Crippen LogP contribution in [-0.2, 0) is 9.05 Å². The molecule has 0 fully saturated rings. The number of halogens is 6. The zero-order valence-corrected chi connectivity index (χ0v) is 22.4. The zero-order chi connectivity index (χ0) is 28.2. The van der Waals surface area contributed by atoms with Crippen LogP contribution in [0.3, 0.4) is 0 Å². The summed E-state index contributed by atoms with van der Waals surface area (Å²) >= 11 is 0. The Morgan fingerprint density at radius 3 is 1.61 bits per heavy atom. The summed E-state index contributed by atoms with van der Waals surface area (Å²) in [4.78, 5) is 3.71. The maximum absolute atomic E-state index is 15.4. The number of rotatable bonds is 5. The molecule has 1 aliphatic heterocycles. The van der Waals surface area contributed by atoms with Gasteiger partial charge in [0, 0.05) is 0 Å². The van der Waals surface area contributed by atoms with Crippen molar-refractivity contribution in [2.75, 3.05) is 14.2 Å². The van der Waals surface area contributed by atoms with Gasteiger partial charge in [0.1, 0.15) is 0 Å². The van der Waals surface area contributed by atoms with Gasteiger partial charge in [0.25, 0.3) is 0 Å². The van der Waals surface area contributed by atoms with Crippen LogP contribution in [0.1, 0.15) is 33.5 Å². The van der Waals surface area contributed by atoms with Gasteiger partial charge in [-0.2, -0.15) is 0 Å². The van der Waals surface area contributed by atoms with Crippen molar-refractivity contribution >= 4 is 18.1 Å². The van der Waals surface area contributed by atoms with E-state index < -0.39 is 30.3 Å². The third kappa shape index (κ3) is 3.44. The van der Waals surface area contributed by atoms with Crippen molar-refractivity contribution < 1.29 is 35.4 Å². The molecule has 4 rings (SSSR count). The molecule has 3 aromatic carbocycles. The summed E-state index contributed by atoms with van der Waals surface area (Å²) in [7, 11) is -4.50. The molecule has 0 N–H and O–H groups in total. The Morgan fingerprint density at radius 2 is 1.18 bits per heavy atom. The van der Waals surface area contributed by atoms with Crippen LogP contribution >= 0.6 is 7.06 Å². The first-order valence-electron chi connectivity index (χ1n) is 11.8. The quantitative estimate of drug-likeness (QED) is 0.236. The Kier molecular flexibility index (Phi) is 6.83. The van der Waals surface area contributed by atoms with Gasteiger partial charge < -0.3 is 0 Å². The molecule has 0 aromatic heterocycles. The van der Waals surface area contributed by atoms with Gasteiger partial charge >= 0.3 is 217 Å². The molecular formula is C28H28F6NO2P. The van der Waals surface area contributed by atoms with Crippen molar-refractivity contribution in [2.24, 2.45) is 4.99 Å². The molecule has 204 valence electrons. The van der Waals surface area contributed by atoms with Crippen LogP contribution in [0.15, 0.2) is 77.8 Å². The molecule has 1 aliphatic rings. The van der Waals surface area contributed by atoms with E-state index in [0.29, 0.717) is 11.1 Å². The summed E-state index contributed by atoms with van der Waals surface area (Å²) in [5.74, 6) is 0. The summed E-state index contributed by atoms with van der Waals surface area (Å²) in [6.45, 7) is 5.14. The number of benzene rings is 3. The van der Waals surface area contributed by atoms with Crippen LogP contribution in [0.25, 0.3) is 0 Å². The summed E-state index contributed by atoms with van der Waals surface area (Å²) in [6, 6.07) is 17.8. The van der Waals surface area contributed by atoms with E-state index in [9.17, 15) is 0 Å². The summed E-state index contributed by atoms with van der Waals surface area (Å²) in [5, 5.41) is -5.05. The van der Waals surface area contributed by atoms with Crippen molar-refractivity contribution in [1.82, 2.24) is 0 Å². The Labute approximate surface area is 217 Å². The van der Waals surface area contributed by atoms with Crippen molar-refractivity contribution in [2.45, 2.75) is 44.1 Å². The third-order valence-electron chi connectivity index (χ3n) is 7.46. The van der Waals surface area contributed by atoms with Gasteiger partial charge in [0.15, 0.2) is 0 Å². The predicted molar refractivity (Wildman–Crippen MR) is 138 cm³/mol. The van der Waals surface area contributed by atoms with Gasteiger partial charge in [0.2, 0.25) is 0 Å². The van der Waals surface area contributed by atoms with Gasteiger partial charge in [-0.15, -0.1) is 0 Å². The van der Waals surface area contributed by atoms with E-state index in [1.807, 2.05) is 6.92 Å². The predicted octanol–water partition coefficient (Wildman–Crippen LogP) is 7.98. The average molecular weight is 555 g/mol. The number of aryl methyl sites for hydroxylation is 3. The van der Waals surface area contributed by atoms with Crippen molar-refractivity contribution in [1.29, 1.82) is 0 Å². The van der Waals surface area contributed by atoms with Crippen molar-refractivity contribution in [3.8, 4) is 0 Å². The van der Waals surface area contributed by atoms with E-state index in [-0.39, 0.29) is 22.1 Å². The Morgan fingerprint density at radius 1 is 0.737 bits per heavy atom. The number of nitrogens with zero attached hydrogens (tertiary/aromatic N) is 1. The van der Waals surface area contributed by atoms with E-state index in [0.717, 1.165) is 19.8 Å². The second kappa shape index (κ2) is 9.18. The molecule has 0 amide bonds. The van der Waals surface area contributed by atoms with E-state index in [1.54, 1.807) is 44.2 Å². The first kappa shape index (κ1) is 28.3. The Bertz CT molecular complexity index is 1330. The molecule has 0 saturated carbocycles. The molecule has 1 atom stereocenters. The van der Waals surface area contributed by atoms with Crippen LogP contribution in [0.5, 0.6) is 0 Å². The van der Waals surface area contributed by atoms with Crippen molar-refractivity contribution in [3.63, 3.8) is 0 Å². The van der Waals surface area contributed by atoms with E-state index in [1.165, 1.54) is 42.5 Å². The third-order valence-corrected chi connectivity index (χ3v) is 13.5. The molecule has 0 aliphatic carbocycles. The SMILES string of the molecule is COP1(OC)(c2ccccc2)C(c2c(C)cc(C)cc2C)C(c2ccccc2)=NC1(C(F)(F)F)C(F)(F)F. The summed E-state index contributed by atoms with van der Waals surface area (Å²) in [6.07, 6.45) is -11.9. The average Bonchev–Trinajstić information content (AvgIpc) is 3.15. The Hall–Kier alpha value is -2.74. The number of hydrogen-bond acceptors (Lipinski definition) is 3. The van der Waals surface area contributed by atoms with E-state index in [4.69, 9.17) is 9.05 Å². The number of aliphatic imine (C=N–C) groups is 1. The van der Waals surface area contributed by atoms with E-state index >= 15 is 26.3 Å². The molecular weight excluding hydrogens is 527 g/mol. The van der Waals surface area contributed by atoms with Crippen LogP contribution in [0.2, 0.25) is 0 Å². The second-order valence-electron chi connectivity index (χ2n) is 9.47. The molecule has 0 saturated heterocycles. The molecule has 3 nitrogen and oxygen atoms in total. The fraction of sp³-hybridized carbons (Fsp3) is 0.321. The molecule has 38 heavy (non-hydrogen) atoms. The van der Waals surface area contributed by atoms with E-state index in [2.05, 4.69) is 4.99 Å². The molecule has 0 radical (unpaired) electrons. The Balaban J connectivity index is 2.38. The first-order valence-corrected chi connectivity index (χ1v) is 13.9. The monoisotopic (exact) mass is 555 g/mol. The standard InChI is InChI=1S/C28H28F6NO2P/c1-18-16-19(2)23(20(3)17-18)25-24(21-12-8-6-9-13-21)35-26(27(29,30)31,28(32,33)34)38(25,36-4,37-5)22-14-10-7-11-15-22/h6-17,25H,1-5H3. The molecule has 3 aromatic rings. The van der Waals surface area contributed by atoms with Gasteiger partial charge in [-0.05, 0) is 0 Å². The fourth-order valence-corrected chi connectivity index (χ4v) is 12.2. The molecule has 10 heteroatoms. The number of hydrogen-bond donors (Lipinski definition) is 0. The number of alkyl halides is 6. The van der Waals surface area contributed by atoms with Gasteiger partial charge in [-0.1, -0.05) is 0 Å². The maximum atomic E-state index is 15.4. The van der Waals surface area contributed by atoms with Crippen LogP contribution in [0.4, 0.5) is 26.3 Å². The van der Waals surface area contributed by atoms with Crippen molar-refractivity contribution in [3.05, 3.63) is 101 Å². The van der Waals surface area contributed by atoms with Gasteiger partial charge in [-0.25, -0.2) is 0 Å². The fourth-order valence-electron chi connectivity index (χ4n) is 6.14. The van der Waals surface area contributed by atoms with Crippen LogP contribution in [-0.4, -0.2) is 37.6 Å². The first-order chi connectivity index (χ1) is 17.7. The zero-order valence-electron chi connectivity index (χ0n) is 21.5. The summed E-state index contributed by atoms with van der Waals surface area (Å²) < 4.78 is 104. The summed E-state index contributed by atoms with van der Waals surface area (Å²) in [5.41, 5.74) is 0.175. The molecule has 0 bridgehead atoms. The van der Waals surface area contributed by atoms with Crippen LogP contribution < -0.4 is 5.30 Å². The molecule has 1 unspecified atom stereocenters. The molecule has 1 heterocycles. The van der Waals surface area contributed by atoms with Gasteiger partial charge in [0.05, 0.1) is 0 Å². The minimum atomic E-state index is -6.25. The van der Waals surface area contributed by atoms with Gasteiger partial charge in [-0.3, -0.25) is 0 Å². The van der Waals surface area contributed by atoms with Crippen LogP contribution in [0, 0.1) is 20.8 Å².